The van der Waals surface area contributed by atoms with Crippen molar-refractivity contribution in [2.45, 2.75) is 0 Å². The number of hydrogen-bond acceptors (Lipinski definition) is 5. The summed E-state index contributed by atoms with van der Waals surface area (Å²) in [6.45, 7) is 0. The molecule has 0 saturated heterocycles. The van der Waals surface area contributed by atoms with E-state index >= 15 is 0 Å². The van der Waals surface area contributed by atoms with E-state index in [0.717, 1.165) is 4.57 Å². The first-order chi connectivity index (χ1) is 6.49. The van der Waals surface area contributed by atoms with Gasteiger partial charge in [-0.15, -0.1) is 0 Å². The van der Waals surface area contributed by atoms with Gasteiger partial charge in [-0.05, 0) is 0 Å². The lowest BCUT2D eigenvalue weighted by Gasteiger charge is -2.17. The molecule has 0 aliphatic heterocycles. The number of hydroxylamine groups is 1. The summed E-state index contributed by atoms with van der Waals surface area (Å²) < 4.78 is 1.13. The minimum absolute atomic E-state index is 0.0584. The van der Waals surface area contributed by atoms with Crippen LogP contribution in [0.1, 0.15) is 0 Å². The Hall–Kier alpha value is -1.76. The number of aromatic nitrogens is 2. The van der Waals surface area contributed by atoms with Gasteiger partial charge in [-0.2, -0.15) is 0 Å². The molecule has 78 valence electrons. The Morgan fingerprint density at radius 1 is 1.50 bits per heavy atom. The van der Waals surface area contributed by atoms with Crippen molar-refractivity contribution in [3.05, 3.63) is 20.8 Å². The Morgan fingerprint density at radius 2 is 2.07 bits per heavy atom. The fourth-order valence-electron chi connectivity index (χ4n) is 1.02. The van der Waals surface area contributed by atoms with E-state index < -0.39 is 11.2 Å². The second kappa shape index (κ2) is 3.54. The summed E-state index contributed by atoms with van der Waals surface area (Å²) in [6.07, 6.45) is 0. The summed E-state index contributed by atoms with van der Waals surface area (Å²) in [4.78, 5) is 29.4. The first-order valence-electron chi connectivity index (χ1n) is 3.85. The van der Waals surface area contributed by atoms with Crippen LogP contribution in [0.15, 0.2) is 9.59 Å². The number of nitrogens with zero attached hydrogens (tertiary/aromatic N) is 2. The van der Waals surface area contributed by atoms with E-state index in [4.69, 9.17) is 10.6 Å². The van der Waals surface area contributed by atoms with Gasteiger partial charge in [0.1, 0.15) is 5.82 Å². The van der Waals surface area contributed by atoms with Crippen molar-refractivity contribution in [3.63, 3.8) is 0 Å². The normalized spacial score (nSPS) is 10.2. The van der Waals surface area contributed by atoms with Crippen molar-refractivity contribution in [1.29, 1.82) is 0 Å². The van der Waals surface area contributed by atoms with Gasteiger partial charge >= 0.3 is 5.69 Å². The van der Waals surface area contributed by atoms with Gasteiger partial charge in [0.25, 0.3) is 5.56 Å². The summed E-state index contributed by atoms with van der Waals surface area (Å²) >= 11 is 0. The molecule has 0 radical (unpaired) electrons. The van der Waals surface area contributed by atoms with Crippen molar-refractivity contribution in [2.75, 3.05) is 25.0 Å². The highest BCUT2D eigenvalue weighted by molar-refractivity contribution is 5.60. The number of hydrogen-bond donors (Lipinski definition) is 2. The zero-order chi connectivity index (χ0) is 10.9. The third-order valence-electron chi connectivity index (χ3n) is 1.93. The van der Waals surface area contributed by atoms with Crippen LogP contribution in [0.25, 0.3) is 0 Å². The molecule has 1 rings (SSSR count). The highest BCUT2D eigenvalue weighted by Gasteiger charge is 2.13. The summed E-state index contributed by atoms with van der Waals surface area (Å²) in [6, 6.07) is 0. The minimum atomic E-state index is -0.574. The molecule has 0 amide bonds. The lowest BCUT2D eigenvalue weighted by Crippen LogP contribution is -2.35. The van der Waals surface area contributed by atoms with Crippen LogP contribution in [0.2, 0.25) is 0 Å². The average Bonchev–Trinajstić information content (AvgIpc) is 2.14. The predicted octanol–water partition coefficient (Wildman–Crippen LogP) is -1.35. The van der Waals surface area contributed by atoms with Gasteiger partial charge in [-0.1, -0.05) is 0 Å². The molecule has 3 N–H and O–H groups in total. The van der Waals surface area contributed by atoms with Gasteiger partial charge < -0.3 is 5.73 Å². The van der Waals surface area contributed by atoms with Gasteiger partial charge in [0.15, 0.2) is 5.69 Å². The number of nitrogen functional groups attached to an aromatic ring is 1. The molecule has 7 heteroatoms. The Kier molecular flexibility index (Phi) is 2.61. The van der Waals surface area contributed by atoms with Crippen molar-refractivity contribution in [1.82, 2.24) is 9.55 Å². The topological polar surface area (TPSA) is 93.3 Å². The third-order valence-corrected chi connectivity index (χ3v) is 1.93. The summed E-state index contributed by atoms with van der Waals surface area (Å²) in [7, 11) is 4.37. The summed E-state index contributed by atoms with van der Waals surface area (Å²) in [5.41, 5.74) is 4.56. The largest absolute Gasteiger partial charge is 0.383 e. The molecule has 7 nitrogen and oxygen atoms in total. The van der Waals surface area contributed by atoms with Gasteiger partial charge in [0.2, 0.25) is 0 Å². The zero-order valence-corrected chi connectivity index (χ0v) is 8.20. The fourth-order valence-corrected chi connectivity index (χ4v) is 1.02. The van der Waals surface area contributed by atoms with Gasteiger partial charge in [-0.3, -0.25) is 19.2 Å². The van der Waals surface area contributed by atoms with Crippen molar-refractivity contribution < 1.29 is 4.84 Å². The van der Waals surface area contributed by atoms with E-state index in [-0.39, 0.29) is 11.5 Å². The summed E-state index contributed by atoms with van der Waals surface area (Å²) in [5.74, 6) is 0.0584. The van der Waals surface area contributed by atoms with E-state index in [1.807, 2.05) is 0 Å². The maximum Gasteiger partial charge on any atom is 0.329 e. The second-order valence-electron chi connectivity index (χ2n) is 2.73. The zero-order valence-electron chi connectivity index (χ0n) is 8.20. The Balaban J connectivity index is 3.52. The first kappa shape index (κ1) is 10.3. The lowest BCUT2D eigenvalue weighted by molar-refractivity contribution is 0.184. The molecule has 0 fully saturated rings. The van der Waals surface area contributed by atoms with Crippen LogP contribution in [0, 0.1) is 0 Å². The third kappa shape index (κ3) is 1.49. The first-order valence-corrected chi connectivity index (χ1v) is 3.85. The Labute approximate surface area is 79.7 Å². The molecule has 1 heterocycles. The number of anilines is 2. The molecule has 0 unspecified atom stereocenters. The van der Waals surface area contributed by atoms with Crippen LogP contribution in [-0.2, 0) is 11.9 Å². The molecule has 1 aromatic rings. The second-order valence-corrected chi connectivity index (χ2v) is 2.73. The molecule has 0 aromatic carbocycles. The molecule has 0 atom stereocenters. The van der Waals surface area contributed by atoms with Crippen LogP contribution in [-0.4, -0.2) is 23.7 Å². The van der Waals surface area contributed by atoms with E-state index in [2.05, 4.69) is 4.98 Å². The van der Waals surface area contributed by atoms with Crippen LogP contribution in [0.4, 0.5) is 11.5 Å². The van der Waals surface area contributed by atoms with Crippen molar-refractivity contribution in [2.24, 2.45) is 7.05 Å². The molecular weight excluding hydrogens is 188 g/mol. The molecule has 0 spiro atoms. The molecular formula is C7H12N4O3. The molecule has 1 aromatic heterocycles. The van der Waals surface area contributed by atoms with Crippen LogP contribution in [0.5, 0.6) is 0 Å². The minimum Gasteiger partial charge on any atom is -0.383 e. The van der Waals surface area contributed by atoms with Gasteiger partial charge in [-0.25, -0.2) is 9.86 Å². The highest BCUT2D eigenvalue weighted by Crippen LogP contribution is 2.12. The maximum atomic E-state index is 11.3. The van der Waals surface area contributed by atoms with Crippen molar-refractivity contribution >= 4 is 11.5 Å². The quantitative estimate of drug-likeness (QED) is 0.576. The molecule has 0 saturated carbocycles. The SMILES string of the molecule is CON(C)c1c(N)n(C)c(=O)[nH]c1=O. The molecule has 0 bridgehead atoms. The smallest absolute Gasteiger partial charge is 0.329 e. The lowest BCUT2D eigenvalue weighted by atomic mass is 10.4. The van der Waals surface area contributed by atoms with E-state index in [1.54, 1.807) is 0 Å². The number of nitrogens with one attached hydrogen (secondary N) is 1. The molecule has 14 heavy (non-hydrogen) atoms. The number of H-pyrrole nitrogens is 1. The average molecular weight is 200 g/mol. The van der Waals surface area contributed by atoms with Gasteiger partial charge in [0.05, 0.1) is 7.11 Å². The number of nitrogens with two attached hydrogens (primary N) is 1. The highest BCUT2D eigenvalue weighted by atomic mass is 16.7. The Bertz CT molecular complexity index is 447. The molecule has 0 aliphatic carbocycles. The molecule has 0 aliphatic rings. The predicted molar refractivity (Wildman–Crippen MR) is 52.1 cm³/mol. The van der Waals surface area contributed by atoms with Crippen LogP contribution < -0.4 is 22.0 Å². The van der Waals surface area contributed by atoms with Crippen LogP contribution in [0.3, 0.4) is 0 Å². The number of rotatable bonds is 2. The fraction of sp³-hybridized carbons (Fsp3) is 0.429. The standard InChI is InChI=1S/C7H12N4O3/c1-10-5(8)4(11(2)14-3)6(12)9-7(10)13/h8H2,1-3H3,(H,9,12,13). The Morgan fingerprint density at radius 3 is 2.57 bits per heavy atom. The van der Waals surface area contributed by atoms with Crippen molar-refractivity contribution in [3.8, 4) is 0 Å². The maximum absolute atomic E-state index is 11.3. The number of aromatic amines is 1. The summed E-state index contributed by atoms with van der Waals surface area (Å²) in [5, 5.41) is 1.19. The van der Waals surface area contributed by atoms with Crippen LogP contribution >= 0.6 is 0 Å². The van der Waals surface area contributed by atoms with Gasteiger partial charge in [0, 0.05) is 14.1 Å². The van der Waals surface area contributed by atoms with E-state index in [1.165, 1.54) is 26.3 Å². The monoisotopic (exact) mass is 200 g/mol. The van der Waals surface area contributed by atoms with E-state index in [0.29, 0.717) is 0 Å². The van der Waals surface area contributed by atoms with E-state index in [9.17, 15) is 9.59 Å².